The van der Waals surface area contributed by atoms with Crippen LogP contribution in [0.5, 0.6) is 0 Å². The largest absolute Gasteiger partial charge is 0.355 e. The molecule has 0 fully saturated rings. The van der Waals surface area contributed by atoms with Crippen molar-refractivity contribution in [3.05, 3.63) is 29.8 Å². The first-order valence-corrected chi connectivity index (χ1v) is 8.32. The second kappa shape index (κ2) is 6.26. The van der Waals surface area contributed by atoms with Crippen molar-refractivity contribution in [2.75, 3.05) is 20.1 Å². The average Bonchev–Trinajstić information content (AvgIpc) is 2.72. The maximum atomic E-state index is 11.9. The zero-order valence-corrected chi connectivity index (χ0v) is 13.0. The normalized spacial score (nSPS) is 15.2. The van der Waals surface area contributed by atoms with Gasteiger partial charge in [0.05, 0.1) is 6.54 Å². The standard InChI is InChI=1S/C14H19N3O3S/c1-3-4-9-15-13(18)10-17(2)14-11-7-5-6-8-12(11)21(19,20)16-14/h5-8H,3-4,9-10H2,1-2H3,(H,15,18). The van der Waals surface area contributed by atoms with Gasteiger partial charge in [-0.1, -0.05) is 25.5 Å². The predicted molar refractivity (Wildman–Crippen MR) is 80.7 cm³/mol. The molecule has 1 aromatic carbocycles. The molecule has 1 amide bonds. The fraction of sp³-hybridized carbons (Fsp3) is 0.429. The van der Waals surface area contributed by atoms with E-state index < -0.39 is 10.0 Å². The number of amides is 1. The van der Waals surface area contributed by atoms with Crippen LogP contribution in [0, 0.1) is 0 Å². The Labute approximate surface area is 124 Å². The molecule has 0 saturated carbocycles. The summed E-state index contributed by atoms with van der Waals surface area (Å²) < 4.78 is 27.7. The van der Waals surface area contributed by atoms with Crippen LogP contribution in [0.4, 0.5) is 0 Å². The minimum atomic E-state index is -3.64. The number of sulfonamides is 1. The molecule has 114 valence electrons. The second-order valence-corrected chi connectivity index (χ2v) is 6.52. The molecule has 1 heterocycles. The van der Waals surface area contributed by atoms with E-state index in [2.05, 4.69) is 9.71 Å². The van der Waals surface area contributed by atoms with Crippen LogP contribution in [-0.2, 0) is 14.8 Å². The van der Waals surface area contributed by atoms with Crippen LogP contribution in [0.25, 0.3) is 0 Å². The monoisotopic (exact) mass is 309 g/mol. The fourth-order valence-electron chi connectivity index (χ4n) is 2.11. The molecular formula is C14H19N3O3S. The van der Waals surface area contributed by atoms with E-state index in [1.807, 2.05) is 6.92 Å². The van der Waals surface area contributed by atoms with E-state index in [0.717, 1.165) is 12.8 Å². The van der Waals surface area contributed by atoms with Crippen LogP contribution in [0.2, 0.25) is 0 Å². The first kappa shape index (κ1) is 15.5. The average molecular weight is 309 g/mol. The van der Waals surface area contributed by atoms with Crippen LogP contribution >= 0.6 is 0 Å². The topological polar surface area (TPSA) is 78.8 Å². The zero-order valence-electron chi connectivity index (χ0n) is 12.2. The Morgan fingerprint density at radius 1 is 1.33 bits per heavy atom. The van der Waals surface area contributed by atoms with Gasteiger partial charge < -0.3 is 10.2 Å². The molecule has 7 heteroatoms. The SMILES string of the molecule is CCCCNC(=O)CN(C)C1=NS(=O)(=O)c2ccccc21. The third kappa shape index (κ3) is 3.41. The summed E-state index contributed by atoms with van der Waals surface area (Å²) in [5.74, 6) is 0.173. The van der Waals surface area contributed by atoms with Gasteiger partial charge in [-0.25, -0.2) is 0 Å². The van der Waals surface area contributed by atoms with Crippen LogP contribution in [0.3, 0.4) is 0 Å². The number of hydrogen-bond donors (Lipinski definition) is 1. The molecule has 0 atom stereocenters. The summed E-state index contributed by atoms with van der Waals surface area (Å²) in [5, 5.41) is 2.80. The van der Waals surface area contributed by atoms with E-state index in [4.69, 9.17) is 0 Å². The summed E-state index contributed by atoms with van der Waals surface area (Å²) >= 11 is 0. The Hall–Kier alpha value is -1.89. The molecule has 0 spiro atoms. The first-order chi connectivity index (χ1) is 9.95. The van der Waals surface area contributed by atoms with Crippen molar-refractivity contribution >= 4 is 21.8 Å². The Morgan fingerprint density at radius 2 is 2.05 bits per heavy atom. The number of rotatable bonds is 5. The highest BCUT2D eigenvalue weighted by Crippen LogP contribution is 2.26. The van der Waals surface area contributed by atoms with Crippen LogP contribution in [0.1, 0.15) is 25.3 Å². The van der Waals surface area contributed by atoms with Crippen LogP contribution < -0.4 is 5.32 Å². The third-order valence-electron chi connectivity index (χ3n) is 3.21. The molecule has 0 saturated heterocycles. The lowest BCUT2D eigenvalue weighted by atomic mass is 10.2. The second-order valence-electron chi connectivity index (χ2n) is 4.95. The molecule has 2 rings (SSSR count). The van der Waals surface area contributed by atoms with E-state index in [1.54, 1.807) is 30.1 Å². The molecule has 1 aliphatic heterocycles. The zero-order chi connectivity index (χ0) is 15.5. The van der Waals surface area contributed by atoms with Gasteiger partial charge in [0.1, 0.15) is 4.90 Å². The van der Waals surface area contributed by atoms with Gasteiger partial charge in [-0.3, -0.25) is 4.79 Å². The quantitative estimate of drug-likeness (QED) is 0.823. The summed E-state index contributed by atoms with van der Waals surface area (Å²) in [6.45, 7) is 2.75. The fourth-order valence-corrected chi connectivity index (χ4v) is 3.37. The number of benzene rings is 1. The molecule has 1 aliphatic rings. The third-order valence-corrected chi connectivity index (χ3v) is 4.53. The number of nitrogens with one attached hydrogen (secondary N) is 1. The van der Waals surface area contributed by atoms with Gasteiger partial charge >= 0.3 is 0 Å². The van der Waals surface area contributed by atoms with Crippen molar-refractivity contribution in [3.8, 4) is 0 Å². The Balaban J connectivity index is 2.11. The number of likely N-dealkylation sites (N-methyl/N-ethyl adjacent to an activating group) is 1. The van der Waals surface area contributed by atoms with Crippen molar-refractivity contribution in [1.29, 1.82) is 0 Å². The summed E-state index contributed by atoms with van der Waals surface area (Å²) in [6, 6.07) is 6.64. The van der Waals surface area contributed by atoms with Crippen molar-refractivity contribution < 1.29 is 13.2 Å². The highest BCUT2D eigenvalue weighted by molar-refractivity contribution is 7.90. The number of nitrogens with zero attached hydrogens (tertiary/aromatic N) is 2. The molecule has 0 unspecified atom stereocenters. The van der Waals surface area contributed by atoms with E-state index in [-0.39, 0.29) is 17.3 Å². The molecule has 6 nitrogen and oxygen atoms in total. The number of carbonyl (C=O) groups is 1. The van der Waals surface area contributed by atoms with Gasteiger partial charge in [0.2, 0.25) is 5.91 Å². The van der Waals surface area contributed by atoms with E-state index in [1.165, 1.54) is 6.07 Å². The van der Waals surface area contributed by atoms with Gasteiger partial charge in [-0.15, -0.1) is 4.40 Å². The summed E-state index contributed by atoms with van der Waals surface area (Å²) in [6.07, 6.45) is 1.93. The Morgan fingerprint density at radius 3 is 2.76 bits per heavy atom. The van der Waals surface area contributed by atoms with Gasteiger partial charge in [0.25, 0.3) is 10.0 Å². The maximum absolute atomic E-state index is 11.9. The Bertz CT molecular complexity index is 668. The highest BCUT2D eigenvalue weighted by Gasteiger charge is 2.30. The van der Waals surface area contributed by atoms with Crippen molar-refractivity contribution in [3.63, 3.8) is 0 Å². The summed E-state index contributed by atoms with van der Waals surface area (Å²) in [4.78, 5) is 13.6. The first-order valence-electron chi connectivity index (χ1n) is 6.88. The number of amidine groups is 1. The van der Waals surface area contributed by atoms with Gasteiger partial charge in [0.15, 0.2) is 5.84 Å². The number of unbranched alkanes of at least 4 members (excludes halogenated alkanes) is 1. The van der Waals surface area contributed by atoms with E-state index in [0.29, 0.717) is 17.9 Å². The van der Waals surface area contributed by atoms with Crippen molar-refractivity contribution in [2.24, 2.45) is 4.40 Å². The van der Waals surface area contributed by atoms with Crippen LogP contribution in [-0.4, -0.2) is 45.2 Å². The van der Waals surface area contributed by atoms with E-state index >= 15 is 0 Å². The maximum Gasteiger partial charge on any atom is 0.285 e. The molecule has 0 aliphatic carbocycles. The van der Waals surface area contributed by atoms with Crippen molar-refractivity contribution in [2.45, 2.75) is 24.7 Å². The number of fused-ring (bicyclic) bond motifs is 1. The molecule has 1 N–H and O–H groups in total. The molecular weight excluding hydrogens is 290 g/mol. The molecule has 21 heavy (non-hydrogen) atoms. The van der Waals surface area contributed by atoms with Gasteiger partial charge in [-0.2, -0.15) is 8.42 Å². The summed E-state index contributed by atoms with van der Waals surface area (Å²) in [7, 11) is -1.98. The van der Waals surface area contributed by atoms with Crippen LogP contribution in [0.15, 0.2) is 33.6 Å². The van der Waals surface area contributed by atoms with E-state index in [9.17, 15) is 13.2 Å². The molecule has 0 bridgehead atoms. The lowest BCUT2D eigenvalue weighted by molar-refractivity contribution is -0.121. The van der Waals surface area contributed by atoms with Gasteiger partial charge in [0, 0.05) is 19.2 Å². The smallest absolute Gasteiger partial charge is 0.285 e. The number of hydrogen-bond acceptors (Lipinski definition) is 4. The highest BCUT2D eigenvalue weighted by atomic mass is 32.2. The number of carbonyl (C=O) groups excluding carboxylic acids is 1. The lowest BCUT2D eigenvalue weighted by Crippen LogP contribution is -2.38. The predicted octanol–water partition coefficient (Wildman–Crippen LogP) is 0.984. The lowest BCUT2D eigenvalue weighted by Gasteiger charge is -2.18. The molecule has 0 radical (unpaired) electrons. The minimum absolute atomic E-state index is 0.0758. The van der Waals surface area contributed by atoms with Gasteiger partial charge in [-0.05, 0) is 18.6 Å². The summed E-state index contributed by atoms with van der Waals surface area (Å²) in [5.41, 5.74) is 0.543. The molecule has 1 aromatic rings. The van der Waals surface area contributed by atoms with Crippen molar-refractivity contribution in [1.82, 2.24) is 10.2 Å². The Kier molecular flexibility index (Phi) is 4.62. The molecule has 0 aromatic heterocycles. The minimum Gasteiger partial charge on any atom is -0.355 e.